The Bertz CT molecular complexity index is 1010. The summed E-state index contributed by atoms with van der Waals surface area (Å²) in [6.45, 7) is 4.25. The highest BCUT2D eigenvalue weighted by Gasteiger charge is 2.14. The average Bonchev–Trinajstić information content (AvgIpc) is 3.29. The molecule has 3 aromatic rings. The van der Waals surface area contributed by atoms with Crippen LogP contribution in [-0.4, -0.2) is 29.8 Å². The highest BCUT2D eigenvalue weighted by Crippen LogP contribution is 2.14. The van der Waals surface area contributed by atoms with E-state index in [-0.39, 0.29) is 34.0 Å². The molecule has 4 rings (SSSR count). The van der Waals surface area contributed by atoms with Crippen LogP contribution in [0.25, 0.3) is 5.65 Å². The number of hydrazone groups is 1. The fraction of sp³-hybridized carbons (Fsp3) is 0.250. The number of pyridine rings is 1. The van der Waals surface area contributed by atoms with Crippen LogP contribution < -0.4 is 36.9 Å². The smallest absolute Gasteiger partial charge is 0.286 e. The van der Waals surface area contributed by atoms with Crippen LogP contribution in [-0.2, 0) is 13.7 Å². The van der Waals surface area contributed by atoms with Gasteiger partial charge in [0.2, 0.25) is 5.96 Å². The van der Waals surface area contributed by atoms with Gasteiger partial charge >= 0.3 is 0 Å². The lowest BCUT2D eigenvalue weighted by Gasteiger charge is -2.04. The summed E-state index contributed by atoms with van der Waals surface area (Å²) >= 11 is 0. The molecule has 0 saturated heterocycles. The number of aliphatic imine (C=N–C) groups is 1. The topological polar surface area (TPSA) is 67.0 Å². The monoisotopic (exact) mass is 522 g/mol. The first-order valence-corrected chi connectivity index (χ1v) is 8.95. The van der Waals surface area contributed by atoms with Crippen molar-refractivity contribution in [1.29, 1.82) is 0 Å². The maximum atomic E-state index is 5.95. The second-order valence-corrected chi connectivity index (χ2v) is 6.54. The van der Waals surface area contributed by atoms with E-state index in [0.29, 0.717) is 12.6 Å². The van der Waals surface area contributed by atoms with Gasteiger partial charge in [-0.05, 0) is 48.4 Å². The number of guanidine groups is 1. The lowest BCUT2D eigenvalue weighted by molar-refractivity contribution is -0.511. The second-order valence-electron chi connectivity index (χ2n) is 6.54. The van der Waals surface area contributed by atoms with E-state index >= 15 is 0 Å². The van der Waals surface area contributed by atoms with Crippen LogP contribution in [0.2, 0.25) is 0 Å². The van der Waals surface area contributed by atoms with E-state index in [1.54, 1.807) is 6.21 Å². The summed E-state index contributed by atoms with van der Waals surface area (Å²) in [5.74, 6) is 1.54. The molecule has 0 spiro atoms. The number of benzene rings is 1. The largest absolute Gasteiger partial charge is 1.00 e. The molecule has 1 aromatic carbocycles. The molecule has 0 radical (unpaired) electrons. The Morgan fingerprint density at radius 1 is 1.24 bits per heavy atom. The third kappa shape index (κ3) is 5.57. The Hall–Kier alpha value is -2.39. The van der Waals surface area contributed by atoms with E-state index in [4.69, 9.17) is 4.74 Å². The van der Waals surface area contributed by atoms with Crippen molar-refractivity contribution in [2.45, 2.75) is 13.5 Å². The van der Waals surface area contributed by atoms with Crippen molar-refractivity contribution in [1.82, 2.24) is 15.3 Å². The zero-order valence-corrected chi connectivity index (χ0v) is 19.6. The van der Waals surface area contributed by atoms with E-state index in [1.165, 1.54) is 5.56 Å². The number of nitrogens with zero attached hydrogens (tertiary/aromatic N) is 4. The van der Waals surface area contributed by atoms with Crippen LogP contribution in [0.1, 0.15) is 16.8 Å². The second kappa shape index (κ2) is 10.4. The Kier molecular flexibility index (Phi) is 8.21. The van der Waals surface area contributed by atoms with Gasteiger partial charge in [0.25, 0.3) is 5.65 Å². The molecule has 9 heteroatoms. The minimum absolute atomic E-state index is 0. The number of aryl methyl sites for hydroxylation is 2. The third-order valence-electron chi connectivity index (χ3n) is 4.49. The van der Waals surface area contributed by atoms with Gasteiger partial charge in [0.05, 0.1) is 26.0 Å². The van der Waals surface area contributed by atoms with Gasteiger partial charge in [-0.25, -0.2) is 19.4 Å². The lowest BCUT2D eigenvalue weighted by Crippen LogP contribution is -3.00. The predicted octanol–water partition coefficient (Wildman–Crippen LogP) is -0.884. The molecule has 1 aliphatic heterocycles. The van der Waals surface area contributed by atoms with Crippen LogP contribution in [0.4, 0.5) is 0 Å². The summed E-state index contributed by atoms with van der Waals surface area (Å²) in [7, 11) is 2.05. The number of rotatable bonds is 5. The summed E-state index contributed by atoms with van der Waals surface area (Å²) in [6, 6.07) is 12.1. The molecule has 1 aliphatic rings. The highest BCUT2D eigenvalue weighted by atomic mass is 79.9. The number of nitrogens with one attached hydrogen (secondary N) is 2. The van der Waals surface area contributed by atoms with E-state index in [0.717, 1.165) is 35.7 Å². The molecule has 0 unspecified atom stereocenters. The molecule has 0 aliphatic carbocycles. The average molecular weight is 524 g/mol. The van der Waals surface area contributed by atoms with Crippen LogP contribution in [0.5, 0.6) is 5.75 Å². The van der Waals surface area contributed by atoms with Crippen LogP contribution >= 0.6 is 17.0 Å². The quantitative estimate of drug-likeness (QED) is 0.259. The molecule has 7 nitrogen and oxygen atoms in total. The van der Waals surface area contributed by atoms with Gasteiger partial charge in [0.15, 0.2) is 12.3 Å². The van der Waals surface area contributed by atoms with Crippen LogP contribution in [0, 0.1) is 6.92 Å². The molecule has 0 amide bonds. The van der Waals surface area contributed by atoms with Crippen molar-refractivity contribution in [2.24, 2.45) is 17.1 Å². The minimum Gasteiger partial charge on any atom is -1.00 e. The normalized spacial score (nSPS) is 12.8. The van der Waals surface area contributed by atoms with E-state index in [9.17, 15) is 0 Å². The van der Waals surface area contributed by atoms with Crippen molar-refractivity contribution < 1.29 is 26.1 Å². The number of aromatic nitrogens is 2. The molecule has 0 fully saturated rings. The molecule has 0 bridgehead atoms. The van der Waals surface area contributed by atoms with Gasteiger partial charge in [0, 0.05) is 12.6 Å². The van der Waals surface area contributed by atoms with Gasteiger partial charge in [0.1, 0.15) is 11.9 Å². The van der Waals surface area contributed by atoms with Gasteiger partial charge in [-0.15, -0.1) is 17.0 Å². The molecule has 2 aromatic heterocycles. The first-order valence-electron chi connectivity index (χ1n) is 8.95. The predicted molar refractivity (Wildman–Crippen MR) is 115 cm³/mol. The van der Waals surface area contributed by atoms with Crippen molar-refractivity contribution in [3.05, 3.63) is 65.6 Å². The highest BCUT2D eigenvalue weighted by molar-refractivity contribution is 8.93. The SMILES string of the molecule is Br.Cc1ccc2n(C)c(COc3ccc(/C=N/NC4=NCCN4)cc3)c[n+]2c1.[Br-]. The number of imidazole rings is 1. The molecular formula is C20H24Br2N6O. The molecule has 0 atom stereocenters. The standard InChI is InChI=1S/C20H23N6O.2BrH/c1-15-3-8-19-25(2)17(13-26(19)12-15)14-27-18-6-4-16(5-7-18)11-23-24-20-21-9-10-22-20;;/h3-8,11-13H,9-10,14H2,1-2H3,(H2,21,22,24);2*1H/q+1;;/p-1/b23-11+;;. The summed E-state index contributed by atoms with van der Waals surface area (Å²) in [5, 5.41) is 7.28. The molecule has 0 saturated carbocycles. The molecular weight excluding hydrogens is 500 g/mol. The van der Waals surface area contributed by atoms with Crippen molar-refractivity contribution in [2.75, 3.05) is 13.1 Å². The van der Waals surface area contributed by atoms with Crippen molar-refractivity contribution >= 4 is 34.8 Å². The number of halogens is 2. The molecule has 29 heavy (non-hydrogen) atoms. The summed E-state index contributed by atoms with van der Waals surface area (Å²) in [6.07, 6.45) is 5.98. The van der Waals surface area contributed by atoms with Crippen molar-refractivity contribution in [3.63, 3.8) is 0 Å². The summed E-state index contributed by atoms with van der Waals surface area (Å²) in [5.41, 5.74) is 7.36. The van der Waals surface area contributed by atoms with E-state index < -0.39 is 0 Å². The summed E-state index contributed by atoms with van der Waals surface area (Å²) < 4.78 is 10.2. The first kappa shape index (κ1) is 22.9. The van der Waals surface area contributed by atoms with Gasteiger partial charge < -0.3 is 27.0 Å². The van der Waals surface area contributed by atoms with Crippen molar-refractivity contribution in [3.8, 4) is 5.75 Å². The Morgan fingerprint density at radius 2 is 2.03 bits per heavy atom. The zero-order chi connectivity index (χ0) is 18.6. The van der Waals surface area contributed by atoms with E-state index in [1.807, 2.05) is 24.3 Å². The first-order chi connectivity index (χ1) is 13.2. The Morgan fingerprint density at radius 3 is 2.76 bits per heavy atom. The zero-order valence-electron chi connectivity index (χ0n) is 16.3. The minimum atomic E-state index is 0. The van der Waals surface area contributed by atoms with Gasteiger partial charge in [-0.1, -0.05) is 0 Å². The third-order valence-corrected chi connectivity index (χ3v) is 4.49. The molecule has 154 valence electrons. The summed E-state index contributed by atoms with van der Waals surface area (Å²) in [4.78, 5) is 4.22. The number of hydrogen-bond acceptors (Lipinski definition) is 5. The van der Waals surface area contributed by atoms with E-state index in [2.05, 4.69) is 68.3 Å². The number of hydrogen-bond donors (Lipinski definition) is 2. The van der Waals surface area contributed by atoms with Crippen LogP contribution in [0.3, 0.4) is 0 Å². The van der Waals surface area contributed by atoms with Gasteiger partial charge in [-0.2, -0.15) is 5.10 Å². The number of fused-ring (bicyclic) bond motifs is 1. The molecule has 2 N–H and O–H groups in total. The Labute approximate surface area is 191 Å². The Balaban J connectivity index is 0.00000150. The van der Waals surface area contributed by atoms with Gasteiger partial charge in [-0.3, -0.25) is 0 Å². The maximum absolute atomic E-state index is 5.95. The molecule has 3 heterocycles. The fourth-order valence-corrected chi connectivity index (χ4v) is 2.99. The fourth-order valence-electron chi connectivity index (χ4n) is 2.99. The van der Waals surface area contributed by atoms with Crippen LogP contribution in [0.15, 0.2) is 58.9 Å². The number of ether oxygens (including phenoxy) is 1. The lowest BCUT2D eigenvalue weighted by atomic mass is 10.2. The maximum Gasteiger partial charge on any atom is 0.286 e.